The molecule has 0 atom stereocenters. The molecule has 5 rings (SSSR count). The van der Waals surface area contributed by atoms with Crippen LogP contribution in [0, 0.1) is 0 Å². The molecule has 2 nitrogen and oxygen atoms in total. The Balaban J connectivity index is 1.53. The van der Waals surface area contributed by atoms with Crippen molar-refractivity contribution in [2.45, 2.75) is 0 Å². The summed E-state index contributed by atoms with van der Waals surface area (Å²) in [5.41, 5.74) is 4.31. The van der Waals surface area contributed by atoms with E-state index in [-0.39, 0.29) is 0 Å². The van der Waals surface area contributed by atoms with Crippen molar-refractivity contribution in [2.24, 2.45) is 0 Å². The highest BCUT2D eigenvalue weighted by molar-refractivity contribution is 7.56. The van der Waals surface area contributed by atoms with E-state index in [0.717, 1.165) is 39.1 Å². The molecule has 0 aliphatic rings. The van der Waals surface area contributed by atoms with E-state index in [2.05, 4.69) is 48.5 Å². The molecule has 0 fully saturated rings. The van der Waals surface area contributed by atoms with Crippen molar-refractivity contribution in [3.05, 3.63) is 140 Å². The fourth-order valence-electron chi connectivity index (χ4n) is 3.66. The molecular formula is C30H23O2P. The monoisotopic (exact) mass is 446 g/mol. The quantitative estimate of drug-likeness (QED) is 0.235. The van der Waals surface area contributed by atoms with Crippen LogP contribution in [0.15, 0.2) is 140 Å². The fourth-order valence-corrected chi connectivity index (χ4v) is 5.00. The number of para-hydroxylation sites is 2. The summed E-state index contributed by atoms with van der Waals surface area (Å²) < 4.78 is 13.2. The van der Waals surface area contributed by atoms with E-state index in [1.165, 1.54) is 0 Å². The van der Waals surface area contributed by atoms with Crippen molar-refractivity contribution in [1.29, 1.82) is 0 Å². The van der Waals surface area contributed by atoms with Crippen molar-refractivity contribution in [3.8, 4) is 33.8 Å². The predicted octanol–water partition coefficient (Wildman–Crippen LogP) is 8.12. The summed E-state index contributed by atoms with van der Waals surface area (Å²) in [7, 11) is -1.42. The van der Waals surface area contributed by atoms with E-state index >= 15 is 0 Å². The van der Waals surface area contributed by atoms with E-state index in [1.807, 2.05) is 91.0 Å². The van der Waals surface area contributed by atoms with Gasteiger partial charge in [0.2, 0.25) is 0 Å². The minimum atomic E-state index is -1.42. The van der Waals surface area contributed by atoms with Crippen molar-refractivity contribution < 1.29 is 9.05 Å². The van der Waals surface area contributed by atoms with Crippen molar-refractivity contribution >= 4 is 13.7 Å². The van der Waals surface area contributed by atoms with E-state index in [1.54, 1.807) is 0 Å². The van der Waals surface area contributed by atoms with Crippen LogP contribution in [0.25, 0.3) is 22.3 Å². The topological polar surface area (TPSA) is 18.5 Å². The van der Waals surface area contributed by atoms with Crippen LogP contribution in [0.4, 0.5) is 0 Å². The molecule has 5 aromatic carbocycles. The Morgan fingerprint density at radius 2 is 0.727 bits per heavy atom. The van der Waals surface area contributed by atoms with Gasteiger partial charge in [-0.2, -0.15) is 0 Å². The minimum Gasteiger partial charge on any atom is -0.435 e. The molecule has 33 heavy (non-hydrogen) atoms. The molecule has 0 aliphatic heterocycles. The van der Waals surface area contributed by atoms with Crippen LogP contribution >= 0.6 is 8.38 Å². The number of benzene rings is 5. The summed E-state index contributed by atoms with van der Waals surface area (Å²) in [6.07, 6.45) is 0. The maximum absolute atomic E-state index is 6.62. The molecular weight excluding hydrogens is 423 g/mol. The van der Waals surface area contributed by atoms with E-state index in [4.69, 9.17) is 9.05 Å². The molecule has 0 amide bonds. The summed E-state index contributed by atoms with van der Waals surface area (Å²) in [6.45, 7) is 0. The third kappa shape index (κ3) is 4.98. The highest BCUT2D eigenvalue weighted by atomic mass is 31.2. The Hall–Kier alpha value is -3.87. The second-order valence-corrected chi connectivity index (χ2v) is 8.90. The highest BCUT2D eigenvalue weighted by Crippen LogP contribution is 2.45. The second-order valence-electron chi connectivity index (χ2n) is 7.50. The Kier molecular flexibility index (Phi) is 6.47. The van der Waals surface area contributed by atoms with Gasteiger partial charge in [0.1, 0.15) is 11.5 Å². The third-order valence-corrected chi connectivity index (χ3v) is 6.72. The maximum Gasteiger partial charge on any atom is 0.326 e. The van der Waals surface area contributed by atoms with Crippen molar-refractivity contribution in [2.75, 3.05) is 0 Å². The SMILES string of the molecule is c1ccc(-c2ccccc2OP(Oc2ccccc2-c2ccccc2)c2ccccc2)cc1. The molecule has 0 bridgehead atoms. The van der Waals surface area contributed by atoms with Gasteiger partial charge in [0.15, 0.2) is 0 Å². The van der Waals surface area contributed by atoms with Gasteiger partial charge in [0, 0.05) is 11.1 Å². The molecule has 0 radical (unpaired) electrons. The fraction of sp³-hybridized carbons (Fsp3) is 0. The summed E-state index contributed by atoms with van der Waals surface area (Å²) in [5, 5.41) is 1.01. The maximum atomic E-state index is 6.62. The molecule has 5 aromatic rings. The standard InChI is InChI=1S/C30H23O2P/c1-4-14-24(15-5-1)27-20-10-12-22-29(27)31-33(26-18-8-3-9-19-26)32-30-23-13-11-21-28(30)25-16-6-2-7-17-25/h1-23H. The van der Waals surface area contributed by atoms with Gasteiger partial charge in [-0.3, -0.25) is 0 Å². The van der Waals surface area contributed by atoms with Gasteiger partial charge in [-0.1, -0.05) is 115 Å². The van der Waals surface area contributed by atoms with Crippen molar-refractivity contribution in [3.63, 3.8) is 0 Å². The average Bonchev–Trinajstić information content (AvgIpc) is 2.90. The summed E-state index contributed by atoms with van der Waals surface area (Å²) in [4.78, 5) is 0. The molecule has 160 valence electrons. The lowest BCUT2D eigenvalue weighted by Crippen LogP contribution is -2.10. The molecule has 3 heteroatoms. The zero-order chi connectivity index (χ0) is 22.3. The van der Waals surface area contributed by atoms with Crippen LogP contribution in [0.3, 0.4) is 0 Å². The molecule has 0 saturated heterocycles. The molecule has 0 heterocycles. The Bertz CT molecular complexity index is 1220. The lowest BCUT2D eigenvalue weighted by molar-refractivity contribution is 0.504. The first-order chi connectivity index (χ1) is 16.4. The van der Waals surface area contributed by atoms with Crippen LogP contribution in [-0.2, 0) is 0 Å². The summed E-state index contributed by atoms with van der Waals surface area (Å²) in [6, 6.07) is 47.0. The molecule has 0 aliphatic carbocycles. The Morgan fingerprint density at radius 1 is 0.364 bits per heavy atom. The van der Waals surface area contributed by atoms with Crippen LogP contribution in [0.1, 0.15) is 0 Å². The van der Waals surface area contributed by atoms with E-state index in [9.17, 15) is 0 Å². The molecule has 0 unspecified atom stereocenters. The van der Waals surface area contributed by atoms with Crippen LogP contribution in [0.2, 0.25) is 0 Å². The van der Waals surface area contributed by atoms with Gasteiger partial charge in [0.05, 0.1) is 5.30 Å². The van der Waals surface area contributed by atoms with Gasteiger partial charge < -0.3 is 9.05 Å². The molecule has 0 spiro atoms. The molecule has 0 aromatic heterocycles. The van der Waals surface area contributed by atoms with Gasteiger partial charge >= 0.3 is 8.38 Å². The normalized spacial score (nSPS) is 10.7. The smallest absolute Gasteiger partial charge is 0.326 e. The zero-order valence-electron chi connectivity index (χ0n) is 18.0. The number of rotatable bonds is 7. The second kappa shape index (κ2) is 10.2. The Morgan fingerprint density at radius 3 is 1.18 bits per heavy atom. The van der Waals surface area contributed by atoms with E-state index in [0.29, 0.717) is 0 Å². The van der Waals surface area contributed by atoms with Gasteiger partial charge in [-0.25, -0.2) is 0 Å². The van der Waals surface area contributed by atoms with Crippen LogP contribution in [0.5, 0.6) is 11.5 Å². The van der Waals surface area contributed by atoms with E-state index < -0.39 is 8.38 Å². The largest absolute Gasteiger partial charge is 0.435 e. The first kappa shape index (κ1) is 21.0. The lowest BCUT2D eigenvalue weighted by atomic mass is 10.1. The van der Waals surface area contributed by atoms with Crippen LogP contribution in [-0.4, -0.2) is 0 Å². The van der Waals surface area contributed by atoms with Gasteiger partial charge in [0.25, 0.3) is 0 Å². The van der Waals surface area contributed by atoms with Crippen LogP contribution < -0.4 is 14.4 Å². The molecule has 0 N–H and O–H groups in total. The average molecular weight is 446 g/mol. The van der Waals surface area contributed by atoms with Crippen molar-refractivity contribution in [1.82, 2.24) is 0 Å². The molecule has 0 saturated carbocycles. The zero-order valence-corrected chi connectivity index (χ0v) is 18.9. The minimum absolute atomic E-state index is 0.802. The lowest BCUT2D eigenvalue weighted by Gasteiger charge is -2.22. The third-order valence-electron chi connectivity index (χ3n) is 5.27. The first-order valence-electron chi connectivity index (χ1n) is 10.9. The summed E-state index contributed by atoms with van der Waals surface area (Å²) >= 11 is 0. The number of hydrogen-bond acceptors (Lipinski definition) is 2. The number of hydrogen-bond donors (Lipinski definition) is 0. The highest BCUT2D eigenvalue weighted by Gasteiger charge is 2.21. The summed E-state index contributed by atoms with van der Waals surface area (Å²) in [5.74, 6) is 1.60. The van der Waals surface area contributed by atoms with Gasteiger partial charge in [-0.15, -0.1) is 0 Å². The first-order valence-corrected chi connectivity index (χ1v) is 12.1. The van der Waals surface area contributed by atoms with Gasteiger partial charge in [-0.05, 0) is 35.4 Å². The predicted molar refractivity (Wildman–Crippen MR) is 138 cm³/mol. The Labute approximate surface area is 196 Å².